The van der Waals surface area contributed by atoms with E-state index in [1.165, 1.54) is 11.3 Å². The van der Waals surface area contributed by atoms with Crippen LogP contribution in [0.4, 0.5) is 0 Å². The molecule has 0 atom stereocenters. The van der Waals surface area contributed by atoms with Crippen molar-refractivity contribution in [2.24, 2.45) is 0 Å². The minimum Gasteiger partial charge on any atom is -0.478 e. The molecule has 0 saturated carbocycles. The van der Waals surface area contributed by atoms with E-state index in [9.17, 15) is 4.79 Å². The van der Waals surface area contributed by atoms with E-state index in [1.807, 2.05) is 18.2 Å². The summed E-state index contributed by atoms with van der Waals surface area (Å²) in [7, 11) is 0. The third kappa shape index (κ3) is 2.20. The maximum atomic E-state index is 11.0. The van der Waals surface area contributed by atoms with Crippen LogP contribution in [0.15, 0.2) is 42.5 Å². The van der Waals surface area contributed by atoms with Crippen molar-refractivity contribution in [1.82, 2.24) is 4.98 Å². The number of para-hydroxylation sites is 1. The molecule has 0 aliphatic rings. The molecule has 19 heavy (non-hydrogen) atoms. The Kier molecular flexibility index (Phi) is 2.97. The maximum Gasteiger partial charge on any atom is 0.335 e. The van der Waals surface area contributed by atoms with Gasteiger partial charge in [-0.2, -0.15) is 0 Å². The van der Waals surface area contributed by atoms with E-state index >= 15 is 0 Å². The molecule has 0 bridgehead atoms. The van der Waals surface area contributed by atoms with E-state index in [-0.39, 0.29) is 5.56 Å². The lowest BCUT2D eigenvalue weighted by Gasteiger charge is -1.98. The van der Waals surface area contributed by atoms with Gasteiger partial charge in [0.25, 0.3) is 0 Å². The van der Waals surface area contributed by atoms with Crippen LogP contribution in [0, 0.1) is 0 Å². The molecular formula is C14H8ClNO2S. The monoisotopic (exact) mass is 289 g/mol. The second kappa shape index (κ2) is 4.64. The Morgan fingerprint density at radius 2 is 2.00 bits per heavy atom. The van der Waals surface area contributed by atoms with Crippen LogP contribution >= 0.6 is 22.9 Å². The first-order chi connectivity index (χ1) is 9.15. The van der Waals surface area contributed by atoms with E-state index in [0.717, 1.165) is 20.8 Å². The summed E-state index contributed by atoms with van der Waals surface area (Å²) in [5.41, 5.74) is 1.80. The Balaban J connectivity index is 2.16. The van der Waals surface area contributed by atoms with Gasteiger partial charge >= 0.3 is 5.97 Å². The first-order valence-electron chi connectivity index (χ1n) is 5.54. The number of thiazole rings is 1. The van der Waals surface area contributed by atoms with Crippen LogP contribution in [0.25, 0.3) is 20.8 Å². The Morgan fingerprint density at radius 3 is 2.74 bits per heavy atom. The lowest BCUT2D eigenvalue weighted by Crippen LogP contribution is -1.95. The van der Waals surface area contributed by atoms with Gasteiger partial charge in [0.2, 0.25) is 0 Å². The van der Waals surface area contributed by atoms with Gasteiger partial charge in [-0.25, -0.2) is 9.78 Å². The lowest BCUT2D eigenvalue weighted by molar-refractivity contribution is 0.0697. The topological polar surface area (TPSA) is 50.2 Å². The number of carboxylic acid groups (broad SMARTS) is 1. The molecule has 0 unspecified atom stereocenters. The van der Waals surface area contributed by atoms with Crippen molar-refractivity contribution >= 4 is 39.1 Å². The fourth-order valence-electron chi connectivity index (χ4n) is 1.82. The Labute approximate surface area is 118 Å². The highest BCUT2D eigenvalue weighted by Crippen LogP contribution is 2.33. The van der Waals surface area contributed by atoms with Crippen molar-refractivity contribution in [1.29, 1.82) is 0 Å². The van der Waals surface area contributed by atoms with Crippen LogP contribution in [0.2, 0.25) is 5.02 Å². The third-order valence-corrected chi connectivity index (χ3v) is 4.10. The van der Waals surface area contributed by atoms with Crippen LogP contribution in [0.5, 0.6) is 0 Å². The van der Waals surface area contributed by atoms with Crippen molar-refractivity contribution in [3.8, 4) is 10.6 Å². The zero-order valence-corrected chi connectivity index (χ0v) is 11.2. The van der Waals surface area contributed by atoms with E-state index in [0.29, 0.717) is 5.02 Å². The second-order valence-electron chi connectivity index (χ2n) is 3.99. The Morgan fingerprint density at radius 1 is 1.21 bits per heavy atom. The highest BCUT2D eigenvalue weighted by Gasteiger charge is 2.10. The summed E-state index contributed by atoms with van der Waals surface area (Å²) >= 11 is 7.59. The second-order valence-corrected chi connectivity index (χ2v) is 5.43. The minimum absolute atomic E-state index is 0.253. The number of fused-ring (bicyclic) bond motifs is 1. The van der Waals surface area contributed by atoms with Crippen LogP contribution in [-0.2, 0) is 0 Å². The molecule has 0 amide bonds. The smallest absolute Gasteiger partial charge is 0.335 e. The fourth-order valence-corrected chi connectivity index (χ4v) is 3.09. The third-order valence-electron chi connectivity index (χ3n) is 2.73. The largest absolute Gasteiger partial charge is 0.478 e. The van der Waals surface area contributed by atoms with Crippen molar-refractivity contribution in [3.05, 3.63) is 53.1 Å². The van der Waals surface area contributed by atoms with Crippen molar-refractivity contribution in [2.45, 2.75) is 0 Å². The summed E-state index contributed by atoms with van der Waals surface area (Å²) < 4.78 is 0.989. The number of halogens is 1. The van der Waals surface area contributed by atoms with Crippen LogP contribution in [-0.4, -0.2) is 16.1 Å². The van der Waals surface area contributed by atoms with Crippen molar-refractivity contribution < 1.29 is 9.90 Å². The molecule has 1 heterocycles. The molecule has 3 nitrogen and oxygen atoms in total. The van der Waals surface area contributed by atoms with E-state index in [2.05, 4.69) is 4.98 Å². The van der Waals surface area contributed by atoms with Gasteiger partial charge in [-0.1, -0.05) is 29.8 Å². The van der Waals surface area contributed by atoms with Gasteiger partial charge in [-0.3, -0.25) is 0 Å². The molecule has 0 fully saturated rings. The average molecular weight is 290 g/mol. The summed E-state index contributed by atoms with van der Waals surface area (Å²) in [5.74, 6) is -0.944. The van der Waals surface area contributed by atoms with Gasteiger partial charge in [-0.05, 0) is 24.3 Å². The van der Waals surface area contributed by atoms with Crippen molar-refractivity contribution in [3.63, 3.8) is 0 Å². The normalized spacial score (nSPS) is 10.8. The Hall–Kier alpha value is -1.91. The number of nitrogens with zero attached hydrogens (tertiary/aromatic N) is 1. The average Bonchev–Trinajstić information content (AvgIpc) is 2.84. The highest BCUT2D eigenvalue weighted by molar-refractivity contribution is 7.21. The lowest BCUT2D eigenvalue weighted by atomic mass is 10.1. The van der Waals surface area contributed by atoms with Gasteiger partial charge in [0.05, 0.1) is 15.3 Å². The van der Waals surface area contributed by atoms with Gasteiger partial charge in [0.15, 0.2) is 0 Å². The summed E-state index contributed by atoms with van der Waals surface area (Å²) in [6.45, 7) is 0. The Bertz CT molecular complexity index is 782. The van der Waals surface area contributed by atoms with Crippen LogP contribution < -0.4 is 0 Å². The number of aromatic carboxylic acids is 1. The zero-order chi connectivity index (χ0) is 13.4. The number of aromatic nitrogens is 1. The number of hydrogen-bond acceptors (Lipinski definition) is 3. The first-order valence-corrected chi connectivity index (χ1v) is 6.73. The summed E-state index contributed by atoms with van der Waals surface area (Å²) in [6, 6.07) is 12.4. The quantitative estimate of drug-likeness (QED) is 0.764. The molecular weight excluding hydrogens is 282 g/mol. The molecule has 94 valence electrons. The number of benzene rings is 2. The molecule has 3 rings (SSSR count). The number of rotatable bonds is 2. The molecule has 0 radical (unpaired) electrons. The molecule has 2 aromatic carbocycles. The molecule has 1 N–H and O–H groups in total. The summed E-state index contributed by atoms with van der Waals surface area (Å²) in [5, 5.41) is 10.4. The van der Waals surface area contributed by atoms with Gasteiger partial charge in [-0.15, -0.1) is 11.3 Å². The highest BCUT2D eigenvalue weighted by atomic mass is 35.5. The first kappa shape index (κ1) is 12.1. The fraction of sp³-hybridized carbons (Fsp3) is 0. The minimum atomic E-state index is -0.944. The predicted octanol–water partition coefficient (Wildman–Crippen LogP) is 4.31. The molecule has 5 heteroatoms. The molecule has 3 aromatic rings. The predicted molar refractivity (Wildman–Crippen MR) is 77.0 cm³/mol. The van der Waals surface area contributed by atoms with Crippen molar-refractivity contribution in [2.75, 3.05) is 0 Å². The number of hydrogen-bond donors (Lipinski definition) is 1. The maximum absolute atomic E-state index is 11.0. The molecule has 0 spiro atoms. The van der Waals surface area contributed by atoms with E-state index in [1.54, 1.807) is 24.3 Å². The zero-order valence-electron chi connectivity index (χ0n) is 9.63. The standard InChI is InChI=1S/C14H8ClNO2S/c15-10-5-2-6-11-12(10)16-13(19-11)8-3-1-4-9(7-8)14(17)18/h1-7H,(H,17,18). The van der Waals surface area contributed by atoms with Gasteiger partial charge in [0, 0.05) is 5.56 Å². The number of carbonyl (C=O) groups is 1. The van der Waals surface area contributed by atoms with Crippen LogP contribution in [0.1, 0.15) is 10.4 Å². The SMILES string of the molecule is O=C(O)c1cccc(-c2nc3c(Cl)cccc3s2)c1. The summed E-state index contributed by atoms with van der Waals surface area (Å²) in [6.07, 6.45) is 0. The van der Waals surface area contributed by atoms with Gasteiger partial charge in [0.1, 0.15) is 10.5 Å². The molecule has 0 aliphatic carbocycles. The van der Waals surface area contributed by atoms with E-state index in [4.69, 9.17) is 16.7 Å². The van der Waals surface area contributed by atoms with Gasteiger partial charge < -0.3 is 5.11 Å². The molecule has 1 aromatic heterocycles. The number of carboxylic acids is 1. The molecule has 0 saturated heterocycles. The van der Waals surface area contributed by atoms with E-state index < -0.39 is 5.97 Å². The summed E-state index contributed by atoms with van der Waals surface area (Å²) in [4.78, 5) is 15.4. The molecule has 0 aliphatic heterocycles. The van der Waals surface area contributed by atoms with Crippen LogP contribution in [0.3, 0.4) is 0 Å².